The lowest BCUT2D eigenvalue weighted by Crippen LogP contribution is -2.47. The van der Waals surface area contributed by atoms with Crippen LogP contribution in [-0.4, -0.2) is 18.7 Å². The maximum Gasteiger partial charge on any atom is 0.118 e. The van der Waals surface area contributed by atoms with E-state index in [1.807, 2.05) is 31.2 Å². The van der Waals surface area contributed by atoms with Crippen molar-refractivity contribution in [1.82, 2.24) is 5.32 Å². The van der Waals surface area contributed by atoms with Crippen molar-refractivity contribution in [2.24, 2.45) is 0 Å². The summed E-state index contributed by atoms with van der Waals surface area (Å²) < 4.78 is 5.15. The van der Waals surface area contributed by atoms with Crippen LogP contribution in [0.4, 0.5) is 0 Å². The van der Waals surface area contributed by atoms with Gasteiger partial charge in [-0.3, -0.25) is 5.32 Å². The van der Waals surface area contributed by atoms with Crippen molar-refractivity contribution >= 4 is 0 Å². The Bertz CT molecular complexity index is 443. The van der Waals surface area contributed by atoms with E-state index in [2.05, 4.69) is 11.4 Å². The summed E-state index contributed by atoms with van der Waals surface area (Å²) in [5.74, 6) is 0.853. The molecule has 2 rings (SSSR count). The zero-order valence-corrected chi connectivity index (χ0v) is 11.8. The molecule has 0 saturated heterocycles. The molecule has 0 amide bonds. The SMILES string of the molecule is COc1ccc(CC(C)(C#N)NC2CCCC2)cc1. The van der Waals surface area contributed by atoms with Gasteiger partial charge in [0.15, 0.2) is 0 Å². The van der Waals surface area contributed by atoms with Crippen molar-refractivity contribution in [3.63, 3.8) is 0 Å². The average Bonchev–Trinajstić information content (AvgIpc) is 2.92. The first kappa shape index (κ1) is 13.9. The number of nitrogens with zero attached hydrogens (tertiary/aromatic N) is 1. The Labute approximate surface area is 115 Å². The molecule has 0 aromatic heterocycles. The summed E-state index contributed by atoms with van der Waals surface area (Å²) in [6.07, 6.45) is 5.67. The molecule has 1 aromatic carbocycles. The van der Waals surface area contributed by atoms with Crippen LogP contribution in [0.1, 0.15) is 38.2 Å². The Morgan fingerprint density at radius 3 is 2.47 bits per heavy atom. The summed E-state index contributed by atoms with van der Waals surface area (Å²) in [5.41, 5.74) is 0.680. The number of hydrogen-bond donors (Lipinski definition) is 1. The standard InChI is InChI=1S/C16H22N2O/c1-16(12-17,18-14-5-3-4-6-14)11-13-7-9-15(19-2)10-8-13/h7-10,14,18H,3-6,11H2,1-2H3. The van der Waals surface area contributed by atoms with Gasteiger partial charge in [0.2, 0.25) is 0 Å². The Morgan fingerprint density at radius 2 is 1.95 bits per heavy atom. The van der Waals surface area contributed by atoms with E-state index in [1.165, 1.54) is 25.7 Å². The smallest absolute Gasteiger partial charge is 0.118 e. The average molecular weight is 258 g/mol. The minimum absolute atomic E-state index is 0.483. The van der Waals surface area contributed by atoms with Crippen molar-refractivity contribution < 1.29 is 4.74 Å². The molecule has 0 radical (unpaired) electrons. The lowest BCUT2D eigenvalue weighted by molar-refractivity contribution is 0.376. The Balaban J connectivity index is 2.01. The fourth-order valence-corrected chi connectivity index (χ4v) is 2.80. The highest BCUT2D eigenvalue weighted by Gasteiger charge is 2.28. The molecule has 1 aromatic rings. The van der Waals surface area contributed by atoms with Crippen molar-refractivity contribution in [1.29, 1.82) is 5.26 Å². The van der Waals surface area contributed by atoms with Crippen LogP contribution in [0.5, 0.6) is 5.75 Å². The van der Waals surface area contributed by atoms with Crippen molar-refractivity contribution in [2.45, 2.75) is 50.6 Å². The zero-order chi connectivity index (χ0) is 13.7. The molecule has 3 heteroatoms. The number of hydrogen-bond acceptors (Lipinski definition) is 3. The molecule has 102 valence electrons. The van der Waals surface area contributed by atoms with E-state index in [-0.39, 0.29) is 0 Å². The highest BCUT2D eigenvalue weighted by Crippen LogP contribution is 2.23. The van der Waals surface area contributed by atoms with Gasteiger partial charge in [0.1, 0.15) is 11.3 Å². The number of rotatable bonds is 5. The van der Waals surface area contributed by atoms with Crippen LogP contribution in [0.3, 0.4) is 0 Å². The fraction of sp³-hybridized carbons (Fsp3) is 0.562. The second-order valence-electron chi connectivity index (χ2n) is 5.59. The highest BCUT2D eigenvalue weighted by molar-refractivity contribution is 5.29. The number of ether oxygens (including phenoxy) is 1. The third-order valence-corrected chi connectivity index (χ3v) is 3.84. The second-order valence-corrected chi connectivity index (χ2v) is 5.59. The molecule has 0 heterocycles. The minimum atomic E-state index is -0.483. The quantitative estimate of drug-likeness (QED) is 0.883. The van der Waals surface area contributed by atoms with Gasteiger partial charge in [0.05, 0.1) is 13.2 Å². The predicted octanol–water partition coefficient (Wildman–Crippen LogP) is 3.05. The summed E-state index contributed by atoms with van der Waals surface area (Å²) in [6, 6.07) is 10.9. The van der Waals surface area contributed by atoms with Gasteiger partial charge in [-0.05, 0) is 37.5 Å². The van der Waals surface area contributed by atoms with E-state index in [4.69, 9.17) is 4.74 Å². The number of methoxy groups -OCH3 is 1. The third-order valence-electron chi connectivity index (χ3n) is 3.84. The van der Waals surface area contributed by atoms with Gasteiger partial charge in [0, 0.05) is 12.5 Å². The maximum atomic E-state index is 9.47. The van der Waals surface area contributed by atoms with Crippen molar-refractivity contribution in [3.05, 3.63) is 29.8 Å². The fourth-order valence-electron chi connectivity index (χ4n) is 2.80. The first-order chi connectivity index (χ1) is 9.15. The summed E-state index contributed by atoms with van der Waals surface area (Å²) in [7, 11) is 1.66. The molecule has 1 fully saturated rings. The van der Waals surface area contributed by atoms with E-state index in [9.17, 15) is 5.26 Å². The molecule has 1 N–H and O–H groups in total. The second kappa shape index (κ2) is 6.08. The molecule has 1 atom stereocenters. The van der Waals surface area contributed by atoms with Crippen molar-refractivity contribution in [3.8, 4) is 11.8 Å². The minimum Gasteiger partial charge on any atom is -0.497 e. The summed E-state index contributed by atoms with van der Waals surface area (Å²) in [6.45, 7) is 2.00. The molecule has 0 spiro atoms. The van der Waals surface area contributed by atoms with E-state index < -0.39 is 5.54 Å². The molecular formula is C16H22N2O. The van der Waals surface area contributed by atoms with E-state index >= 15 is 0 Å². The predicted molar refractivity (Wildman–Crippen MR) is 76.1 cm³/mol. The van der Waals surface area contributed by atoms with E-state index in [1.54, 1.807) is 7.11 Å². The monoisotopic (exact) mass is 258 g/mol. The zero-order valence-electron chi connectivity index (χ0n) is 11.8. The summed E-state index contributed by atoms with van der Waals surface area (Å²) in [5, 5.41) is 13.0. The van der Waals surface area contributed by atoms with Gasteiger partial charge in [-0.15, -0.1) is 0 Å². The topological polar surface area (TPSA) is 45.0 Å². The van der Waals surface area contributed by atoms with Gasteiger partial charge >= 0.3 is 0 Å². The summed E-state index contributed by atoms with van der Waals surface area (Å²) >= 11 is 0. The first-order valence-corrected chi connectivity index (χ1v) is 6.97. The molecule has 19 heavy (non-hydrogen) atoms. The molecule has 1 aliphatic carbocycles. The largest absolute Gasteiger partial charge is 0.497 e. The van der Waals surface area contributed by atoms with Crippen molar-refractivity contribution in [2.75, 3.05) is 7.11 Å². The number of benzene rings is 1. The van der Waals surface area contributed by atoms with Crippen LogP contribution >= 0.6 is 0 Å². The molecule has 1 aliphatic rings. The van der Waals surface area contributed by atoms with Crippen LogP contribution in [-0.2, 0) is 6.42 Å². The van der Waals surface area contributed by atoms with Crippen LogP contribution in [0, 0.1) is 11.3 Å². The maximum absolute atomic E-state index is 9.47. The van der Waals surface area contributed by atoms with E-state index in [0.717, 1.165) is 17.7 Å². The Kier molecular flexibility index (Phi) is 4.44. The van der Waals surface area contributed by atoms with Crippen LogP contribution < -0.4 is 10.1 Å². The number of nitrogens with one attached hydrogen (secondary N) is 1. The molecular weight excluding hydrogens is 236 g/mol. The molecule has 0 aliphatic heterocycles. The highest BCUT2D eigenvalue weighted by atomic mass is 16.5. The van der Waals surface area contributed by atoms with Gasteiger partial charge < -0.3 is 4.74 Å². The van der Waals surface area contributed by atoms with Gasteiger partial charge in [-0.1, -0.05) is 25.0 Å². The lowest BCUT2D eigenvalue weighted by Gasteiger charge is -2.27. The Morgan fingerprint density at radius 1 is 1.32 bits per heavy atom. The normalized spacial score (nSPS) is 18.8. The first-order valence-electron chi connectivity index (χ1n) is 6.97. The van der Waals surface area contributed by atoms with Crippen LogP contribution in [0.2, 0.25) is 0 Å². The van der Waals surface area contributed by atoms with E-state index in [0.29, 0.717) is 6.04 Å². The van der Waals surface area contributed by atoms with Crippen LogP contribution in [0.25, 0.3) is 0 Å². The Hall–Kier alpha value is -1.53. The summed E-state index contributed by atoms with van der Waals surface area (Å²) in [4.78, 5) is 0. The third kappa shape index (κ3) is 3.71. The molecule has 0 bridgehead atoms. The molecule has 1 saturated carbocycles. The van der Waals surface area contributed by atoms with Crippen LogP contribution in [0.15, 0.2) is 24.3 Å². The van der Waals surface area contributed by atoms with Gasteiger partial charge in [-0.25, -0.2) is 0 Å². The molecule has 3 nitrogen and oxygen atoms in total. The van der Waals surface area contributed by atoms with Gasteiger partial charge in [0.25, 0.3) is 0 Å². The lowest BCUT2D eigenvalue weighted by atomic mass is 9.93. The number of nitriles is 1. The van der Waals surface area contributed by atoms with Gasteiger partial charge in [-0.2, -0.15) is 5.26 Å². The molecule has 1 unspecified atom stereocenters.